The van der Waals surface area contributed by atoms with Gasteiger partial charge in [-0.3, -0.25) is 14.5 Å². The number of aromatic nitrogens is 1. The third-order valence-corrected chi connectivity index (χ3v) is 5.16. The van der Waals surface area contributed by atoms with Crippen LogP contribution in [-0.2, 0) is 10.0 Å². The lowest BCUT2D eigenvalue weighted by atomic mass is 10.2. The Labute approximate surface area is 164 Å². The molecule has 0 aliphatic heterocycles. The number of anilines is 1. The second kappa shape index (κ2) is 9.38. The number of nitrogens with zero attached hydrogens (tertiary/aromatic N) is 2. The Morgan fingerprint density at radius 2 is 1.89 bits per heavy atom. The van der Waals surface area contributed by atoms with Crippen LogP contribution in [0.5, 0.6) is 11.5 Å². The van der Waals surface area contributed by atoms with E-state index in [4.69, 9.17) is 9.47 Å². The smallest absolute Gasteiger partial charge is 0.265 e. The van der Waals surface area contributed by atoms with Crippen LogP contribution in [0, 0.1) is 0 Å². The van der Waals surface area contributed by atoms with Crippen molar-refractivity contribution in [2.24, 2.45) is 0 Å². The van der Waals surface area contributed by atoms with Gasteiger partial charge in [-0.1, -0.05) is 0 Å². The van der Waals surface area contributed by atoms with Crippen molar-refractivity contribution in [3.05, 3.63) is 42.2 Å². The summed E-state index contributed by atoms with van der Waals surface area (Å²) in [5.41, 5.74) is 0.404. The van der Waals surface area contributed by atoms with E-state index < -0.39 is 10.0 Å². The lowest BCUT2D eigenvalue weighted by Crippen LogP contribution is -2.31. The zero-order chi connectivity index (χ0) is 20.7. The van der Waals surface area contributed by atoms with E-state index in [1.165, 1.54) is 44.8 Å². The highest BCUT2D eigenvalue weighted by Crippen LogP contribution is 2.29. The van der Waals surface area contributed by atoms with Gasteiger partial charge in [0.25, 0.3) is 15.9 Å². The fraction of sp³-hybridized carbons (Fsp3) is 0.333. The molecule has 0 bridgehead atoms. The maximum absolute atomic E-state index is 12.8. The van der Waals surface area contributed by atoms with E-state index in [9.17, 15) is 13.2 Å². The maximum Gasteiger partial charge on any atom is 0.265 e. The third kappa shape index (κ3) is 5.57. The SMILES string of the molecule is COc1ccc(OC)c(S(=O)(=O)Nc2cncc(C(=O)NCCN(C)C)c2)c1. The van der Waals surface area contributed by atoms with Gasteiger partial charge in [0.2, 0.25) is 0 Å². The highest BCUT2D eigenvalue weighted by atomic mass is 32.2. The van der Waals surface area contributed by atoms with Gasteiger partial charge in [-0.15, -0.1) is 0 Å². The Balaban J connectivity index is 2.22. The van der Waals surface area contributed by atoms with Crippen LogP contribution in [0.15, 0.2) is 41.6 Å². The Hall–Kier alpha value is -2.85. The van der Waals surface area contributed by atoms with Gasteiger partial charge in [-0.25, -0.2) is 8.42 Å². The second-order valence-corrected chi connectivity index (χ2v) is 7.79. The van der Waals surface area contributed by atoms with Crippen molar-refractivity contribution in [2.75, 3.05) is 46.1 Å². The van der Waals surface area contributed by atoms with Crippen molar-refractivity contribution in [1.29, 1.82) is 0 Å². The minimum atomic E-state index is -3.99. The molecule has 0 saturated heterocycles. The van der Waals surface area contributed by atoms with E-state index in [2.05, 4.69) is 15.0 Å². The third-order valence-electron chi connectivity index (χ3n) is 3.76. The molecule has 1 amide bonds. The number of amides is 1. The van der Waals surface area contributed by atoms with Gasteiger partial charge >= 0.3 is 0 Å². The second-order valence-electron chi connectivity index (χ2n) is 6.14. The van der Waals surface area contributed by atoms with Crippen molar-refractivity contribution < 1.29 is 22.7 Å². The van der Waals surface area contributed by atoms with Crippen LogP contribution >= 0.6 is 0 Å². The average Bonchev–Trinajstić information content (AvgIpc) is 2.67. The molecule has 0 radical (unpaired) electrons. The lowest BCUT2D eigenvalue weighted by Gasteiger charge is -2.13. The molecule has 10 heteroatoms. The predicted molar refractivity (Wildman–Crippen MR) is 105 cm³/mol. The average molecular weight is 408 g/mol. The molecular weight excluding hydrogens is 384 g/mol. The number of benzene rings is 1. The molecule has 2 aromatic rings. The fourth-order valence-electron chi connectivity index (χ4n) is 2.32. The van der Waals surface area contributed by atoms with E-state index in [0.29, 0.717) is 18.8 Å². The number of nitrogens with one attached hydrogen (secondary N) is 2. The van der Waals surface area contributed by atoms with E-state index >= 15 is 0 Å². The van der Waals surface area contributed by atoms with Crippen LogP contribution < -0.4 is 19.5 Å². The summed E-state index contributed by atoms with van der Waals surface area (Å²) in [6.07, 6.45) is 2.69. The first-order valence-corrected chi connectivity index (χ1v) is 9.88. The Morgan fingerprint density at radius 1 is 1.14 bits per heavy atom. The molecule has 1 heterocycles. The van der Waals surface area contributed by atoms with Gasteiger partial charge in [0.1, 0.15) is 16.4 Å². The summed E-state index contributed by atoms with van der Waals surface area (Å²) in [5, 5.41) is 2.75. The van der Waals surface area contributed by atoms with Crippen molar-refractivity contribution in [2.45, 2.75) is 4.90 Å². The number of methoxy groups -OCH3 is 2. The molecule has 0 spiro atoms. The van der Waals surface area contributed by atoms with Gasteiger partial charge in [0.15, 0.2) is 0 Å². The first kappa shape index (κ1) is 21.5. The standard InChI is InChI=1S/C18H24N4O5S/c1-22(2)8-7-20-18(23)13-9-14(12-19-11-13)21-28(24,25)17-10-15(26-3)5-6-16(17)27-4/h5-6,9-12,21H,7-8H2,1-4H3,(H,20,23). The topological polar surface area (TPSA) is 110 Å². The highest BCUT2D eigenvalue weighted by molar-refractivity contribution is 7.92. The molecule has 2 N–H and O–H groups in total. The zero-order valence-corrected chi connectivity index (χ0v) is 17.0. The minimum Gasteiger partial charge on any atom is -0.497 e. The van der Waals surface area contributed by atoms with Crippen molar-refractivity contribution >= 4 is 21.6 Å². The molecule has 0 aliphatic carbocycles. The van der Waals surface area contributed by atoms with Gasteiger partial charge in [-0.2, -0.15) is 0 Å². The first-order valence-electron chi connectivity index (χ1n) is 8.39. The molecule has 1 aromatic heterocycles. The van der Waals surface area contributed by atoms with E-state index in [-0.39, 0.29) is 27.8 Å². The quantitative estimate of drug-likeness (QED) is 0.641. The molecule has 28 heavy (non-hydrogen) atoms. The van der Waals surface area contributed by atoms with Crippen LogP contribution in [0.3, 0.4) is 0 Å². The van der Waals surface area contributed by atoms with Crippen molar-refractivity contribution in [3.63, 3.8) is 0 Å². The zero-order valence-electron chi connectivity index (χ0n) is 16.2. The summed E-state index contributed by atoms with van der Waals surface area (Å²) in [4.78, 5) is 18.0. The van der Waals surface area contributed by atoms with E-state index in [0.717, 1.165) is 0 Å². The molecule has 152 valence electrons. The molecule has 0 fully saturated rings. The number of likely N-dealkylation sites (N-methyl/N-ethyl adjacent to an activating group) is 1. The maximum atomic E-state index is 12.8. The molecule has 2 rings (SSSR count). The molecule has 0 saturated carbocycles. The summed E-state index contributed by atoms with van der Waals surface area (Å²) in [7, 11) is 2.62. The van der Waals surface area contributed by atoms with Crippen LogP contribution in [0.2, 0.25) is 0 Å². The Morgan fingerprint density at radius 3 is 2.54 bits per heavy atom. The van der Waals surface area contributed by atoms with Crippen LogP contribution in [0.4, 0.5) is 5.69 Å². The molecule has 0 aliphatic rings. The predicted octanol–water partition coefficient (Wildman–Crippen LogP) is 1.19. The summed E-state index contributed by atoms with van der Waals surface area (Å²) < 4.78 is 38.2. The first-order chi connectivity index (χ1) is 13.3. The fourth-order valence-corrected chi connectivity index (χ4v) is 3.54. The normalized spacial score (nSPS) is 11.2. The minimum absolute atomic E-state index is 0.0878. The van der Waals surface area contributed by atoms with E-state index in [1.807, 2.05) is 19.0 Å². The number of hydrogen-bond donors (Lipinski definition) is 2. The molecule has 0 atom stereocenters. The molecular formula is C18H24N4O5S. The largest absolute Gasteiger partial charge is 0.497 e. The number of rotatable bonds is 9. The van der Waals surface area contributed by atoms with Crippen molar-refractivity contribution in [1.82, 2.24) is 15.2 Å². The Kier molecular flexibility index (Phi) is 7.18. The van der Waals surface area contributed by atoms with Gasteiger partial charge in [-0.05, 0) is 32.3 Å². The number of pyridine rings is 1. The summed E-state index contributed by atoms with van der Waals surface area (Å²) in [6.45, 7) is 1.14. The summed E-state index contributed by atoms with van der Waals surface area (Å²) in [5.74, 6) is 0.196. The number of sulfonamides is 1. The number of carbonyl (C=O) groups is 1. The summed E-state index contributed by atoms with van der Waals surface area (Å²) in [6, 6.07) is 5.87. The van der Waals surface area contributed by atoms with Crippen LogP contribution in [-0.4, -0.2) is 65.6 Å². The lowest BCUT2D eigenvalue weighted by molar-refractivity contribution is 0.0950. The number of ether oxygens (including phenoxy) is 2. The number of hydrogen-bond acceptors (Lipinski definition) is 7. The monoisotopic (exact) mass is 408 g/mol. The van der Waals surface area contributed by atoms with Gasteiger partial charge in [0.05, 0.1) is 31.7 Å². The summed E-state index contributed by atoms with van der Waals surface area (Å²) >= 11 is 0. The Bertz CT molecular complexity index is 931. The molecule has 0 unspecified atom stereocenters. The van der Waals surface area contributed by atoms with Crippen LogP contribution in [0.1, 0.15) is 10.4 Å². The van der Waals surface area contributed by atoms with Crippen LogP contribution in [0.25, 0.3) is 0 Å². The van der Waals surface area contributed by atoms with Gasteiger partial charge in [0, 0.05) is 25.4 Å². The molecule has 1 aromatic carbocycles. The van der Waals surface area contributed by atoms with E-state index in [1.54, 1.807) is 6.07 Å². The highest BCUT2D eigenvalue weighted by Gasteiger charge is 2.21. The number of carbonyl (C=O) groups excluding carboxylic acids is 1. The van der Waals surface area contributed by atoms with Crippen molar-refractivity contribution in [3.8, 4) is 11.5 Å². The van der Waals surface area contributed by atoms with Gasteiger partial charge < -0.3 is 19.7 Å². The molecule has 9 nitrogen and oxygen atoms in total.